The minimum atomic E-state index is -0.381. The Balaban J connectivity index is 1.75. The maximum Gasteiger partial charge on any atom is 0.260 e. The van der Waals surface area contributed by atoms with Crippen molar-refractivity contribution in [3.8, 4) is 0 Å². The lowest BCUT2D eigenvalue weighted by atomic mass is 10.2. The summed E-state index contributed by atoms with van der Waals surface area (Å²) < 4.78 is 19.7. The van der Waals surface area contributed by atoms with E-state index in [0.29, 0.717) is 16.5 Å². The first-order chi connectivity index (χ1) is 13.1. The van der Waals surface area contributed by atoms with Crippen molar-refractivity contribution in [3.63, 3.8) is 0 Å². The van der Waals surface area contributed by atoms with Gasteiger partial charge in [-0.3, -0.25) is 9.69 Å². The van der Waals surface area contributed by atoms with Gasteiger partial charge in [-0.2, -0.15) is 0 Å². The normalized spacial score (nSPS) is 11.0. The molecule has 2 aromatic carbocycles. The number of hydrogen-bond acceptors (Lipinski definition) is 5. The molecule has 0 aliphatic carbocycles. The molecule has 1 amide bonds. The molecule has 0 radical (unpaired) electrons. The van der Waals surface area contributed by atoms with E-state index in [4.69, 9.17) is 4.42 Å². The molecule has 7 heteroatoms. The average molecular weight is 398 g/mol. The molecule has 0 aliphatic rings. The van der Waals surface area contributed by atoms with E-state index >= 15 is 0 Å². The van der Waals surface area contributed by atoms with Crippen LogP contribution in [0.15, 0.2) is 70.2 Å². The third kappa shape index (κ3) is 3.74. The van der Waals surface area contributed by atoms with E-state index in [0.717, 1.165) is 15.1 Å². The highest BCUT2D eigenvalue weighted by molar-refractivity contribution is 7.98. The molecule has 2 heterocycles. The number of benzene rings is 2. The third-order valence-electron chi connectivity index (χ3n) is 4.05. The lowest BCUT2D eigenvalue weighted by Gasteiger charge is -2.18. The van der Waals surface area contributed by atoms with Crippen molar-refractivity contribution < 1.29 is 13.6 Å². The molecule has 2 aromatic heterocycles. The van der Waals surface area contributed by atoms with E-state index in [1.165, 1.54) is 35.6 Å². The Morgan fingerprint density at radius 3 is 2.74 bits per heavy atom. The Morgan fingerprint density at radius 2 is 2.04 bits per heavy atom. The van der Waals surface area contributed by atoms with Crippen LogP contribution in [0.2, 0.25) is 0 Å². The Hall–Kier alpha value is -2.64. The number of carbonyl (C=O) groups is 1. The van der Waals surface area contributed by atoms with Crippen molar-refractivity contribution in [1.29, 1.82) is 0 Å². The van der Waals surface area contributed by atoms with Gasteiger partial charge in [0.25, 0.3) is 5.91 Å². The molecular weight excluding hydrogens is 383 g/mol. The summed E-state index contributed by atoms with van der Waals surface area (Å²) in [7, 11) is 0. The van der Waals surface area contributed by atoms with Crippen LogP contribution in [-0.2, 0) is 6.54 Å². The lowest BCUT2D eigenvalue weighted by molar-refractivity contribution is 0.0983. The van der Waals surface area contributed by atoms with Crippen LogP contribution in [0.5, 0.6) is 0 Å². The summed E-state index contributed by atoms with van der Waals surface area (Å²) in [5, 5.41) is 0.578. The minimum absolute atomic E-state index is 0.248. The summed E-state index contributed by atoms with van der Waals surface area (Å²) in [6, 6.07) is 15.1. The number of furan rings is 1. The predicted molar refractivity (Wildman–Crippen MR) is 107 cm³/mol. The van der Waals surface area contributed by atoms with Crippen LogP contribution in [0.25, 0.3) is 10.2 Å². The quantitative estimate of drug-likeness (QED) is 0.411. The molecule has 0 N–H and O–H groups in total. The Bertz CT molecular complexity index is 1080. The van der Waals surface area contributed by atoms with Gasteiger partial charge >= 0.3 is 0 Å². The van der Waals surface area contributed by atoms with Crippen LogP contribution >= 0.6 is 23.1 Å². The first-order valence-corrected chi connectivity index (χ1v) is 10.2. The van der Waals surface area contributed by atoms with Gasteiger partial charge in [-0.15, -0.1) is 11.8 Å². The number of carbonyl (C=O) groups excluding carboxylic acids is 1. The molecule has 0 unspecified atom stereocenters. The summed E-state index contributed by atoms with van der Waals surface area (Å²) in [5.74, 6) is 0.0128. The maximum absolute atomic E-state index is 13.2. The van der Waals surface area contributed by atoms with Gasteiger partial charge in [-0.1, -0.05) is 11.3 Å². The third-order valence-corrected chi connectivity index (χ3v) is 5.81. The minimum Gasteiger partial charge on any atom is -0.467 e. The zero-order valence-corrected chi connectivity index (χ0v) is 16.0. The van der Waals surface area contributed by atoms with E-state index in [-0.39, 0.29) is 18.3 Å². The first-order valence-electron chi connectivity index (χ1n) is 8.18. The van der Waals surface area contributed by atoms with Gasteiger partial charge < -0.3 is 4.42 Å². The number of amides is 1. The highest BCUT2D eigenvalue weighted by atomic mass is 32.2. The second-order valence-corrected chi connectivity index (χ2v) is 7.70. The number of anilines is 1. The summed E-state index contributed by atoms with van der Waals surface area (Å²) in [4.78, 5) is 20.4. The number of rotatable bonds is 5. The van der Waals surface area contributed by atoms with E-state index < -0.39 is 0 Å². The predicted octanol–water partition coefficient (Wildman–Crippen LogP) is 5.60. The summed E-state index contributed by atoms with van der Waals surface area (Å²) >= 11 is 3.11. The second-order valence-electron chi connectivity index (χ2n) is 5.81. The summed E-state index contributed by atoms with van der Waals surface area (Å²) in [5.41, 5.74) is 1.23. The second kappa shape index (κ2) is 7.54. The van der Waals surface area contributed by atoms with Crippen molar-refractivity contribution in [1.82, 2.24) is 4.98 Å². The molecule has 0 atom stereocenters. The van der Waals surface area contributed by atoms with Crippen LogP contribution < -0.4 is 4.90 Å². The number of thiazole rings is 1. The molecule has 4 nitrogen and oxygen atoms in total. The van der Waals surface area contributed by atoms with Crippen LogP contribution in [0.1, 0.15) is 16.1 Å². The van der Waals surface area contributed by atoms with Gasteiger partial charge in [0.15, 0.2) is 5.13 Å². The van der Waals surface area contributed by atoms with E-state index in [9.17, 15) is 9.18 Å². The molecule has 136 valence electrons. The van der Waals surface area contributed by atoms with Gasteiger partial charge in [-0.05, 0) is 60.9 Å². The molecule has 0 saturated carbocycles. The number of halogens is 1. The van der Waals surface area contributed by atoms with E-state index in [2.05, 4.69) is 11.1 Å². The van der Waals surface area contributed by atoms with Crippen molar-refractivity contribution in [3.05, 3.63) is 78.0 Å². The van der Waals surface area contributed by atoms with Crippen molar-refractivity contribution in [2.75, 3.05) is 11.2 Å². The first kappa shape index (κ1) is 17.8. The van der Waals surface area contributed by atoms with Gasteiger partial charge in [0.1, 0.15) is 11.6 Å². The molecule has 4 aromatic rings. The zero-order chi connectivity index (χ0) is 18.8. The van der Waals surface area contributed by atoms with Crippen molar-refractivity contribution in [2.45, 2.75) is 11.4 Å². The van der Waals surface area contributed by atoms with Gasteiger partial charge in [0, 0.05) is 10.5 Å². The van der Waals surface area contributed by atoms with Crippen molar-refractivity contribution in [2.24, 2.45) is 0 Å². The molecular formula is C20H15FN2O2S2. The summed E-state index contributed by atoms with van der Waals surface area (Å²) in [6.07, 6.45) is 3.59. The number of nitrogens with zero attached hydrogens (tertiary/aromatic N) is 2. The van der Waals surface area contributed by atoms with Gasteiger partial charge in [0.05, 0.1) is 23.0 Å². The average Bonchev–Trinajstić information content (AvgIpc) is 3.34. The Kier molecular flexibility index (Phi) is 4.96. The molecule has 0 spiro atoms. The van der Waals surface area contributed by atoms with Crippen molar-refractivity contribution >= 4 is 44.4 Å². The van der Waals surface area contributed by atoms with Crippen LogP contribution in [0, 0.1) is 5.82 Å². The molecule has 0 saturated heterocycles. The fourth-order valence-electron chi connectivity index (χ4n) is 2.67. The Labute approximate surface area is 163 Å². The smallest absolute Gasteiger partial charge is 0.260 e. The largest absolute Gasteiger partial charge is 0.467 e. The molecule has 4 rings (SSSR count). The zero-order valence-electron chi connectivity index (χ0n) is 14.4. The summed E-state index contributed by atoms with van der Waals surface area (Å²) in [6.45, 7) is 0.248. The highest BCUT2D eigenvalue weighted by Crippen LogP contribution is 2.33. The van der Waals surface area contributed by atoms with Crippen LogP contribution in [0.3, 0.4) is 0 Å². The standard InChI is InChI=1S/C20H15FN2O2S2/c1-26-16-8-9-17-18(11-16)27-20(22-17)23(12-15-3-2-10-25-15)19(24)13-4-6-14(21)7-5-13/h2-11H,12H2,1H3. The van der Waals surface area contributed by atoms with E-state index in [1.54, 1.807) is 29.0 Å². The number of thioether (sulfide) groups is 1. The van der Waals surface area contributed by atoms with Crippen LogP contribution in [0.4, 0.5) is 9.52 Å². The van der Waals surface area contributed by atoms with Gasteiger partial charge in [-0.25, -0.2) is 9.37 Å². The fourth-order valence-corrected chi connectivity index (χ4v) is 4.19. The number of hydrogen-bond donors (Lipinski definition) is 0. The topological polar surface area (TPSA) is 46.3 Å². The SMILES string of the molecule is CSc1ccc2nc(N(Cc3ccco3)C(=O)c3ccc(F)cc3)sc2c1. The molecule has 0 fully saturated rings. The lowest BCUT2D eigenvalue weighted by Crippen LogP contribution is -2.30. The number of fused-ring (bicyclic) bond motifs is 1. The van der Waals surface area contributed by atoms with E-state index in [1.807, 2.05) is 24.5 Å². The highest BCUT2D eigenvalue weighted by Gasteiger charge is 2.23. The molecule has 27 heavy (non-hydrogen) atoms. The number of aromatic nitrogens is 1. The molecule has 0 aliphatic heterocycles. The monoisotopic (exact) mass is 398 g/mol. The Morgan fingerprint density at radius 1 is 1.22 bits per heavy atom. The fraction of sp³-hybridized carbons (Fsp3) is 0.100. The molecule has 0 bridgehead atoms. The van der Waals surface area contributed by atoms with Crippen LogP contribution in [-0.4, -0.2) is 17.1 Å². The maximum atomic E-state index is 13.2. The van der Waals surface area contributed by atoms with Gasteiger partial charge in [0.2, 0.25) is 0 Å².